The van der Waals surface area contributed by atoms with Gasteiger partial charge in [0, 0.05) is 6.08 Å². The number of allylic oxidation sites excluding steroid dienone is 1. The van der Waals surface area contributed by atoms with Crippen molar-refractivity contribution < 1.29 is 4.79 Å². The van der Waals surface area contributed by atoms with Crippen LogP contribution in [-0.2, 0) is 4.79 Å². The van der Waals surface area contributed by atoms with E-state index < -0.39 is 0 Å². The lowest BCUT2D eigenvalue weighted by Crippen LogP contribution is -1.52. The second-order valence-electron chi connectivity index (χ2n) is 0.558. The SMILES string of the molecule is O=C=CCP. The third kappa shape index (κ3) is 3.88. The van der Waals surface area contributed by atoms with Gasteiger partial charge in [-0.2, -0.15) is 0 Å². The van der Waals surface area contributed by atoms with Gasteiger partial charge in [-0.3, -0.25) is 0 Å². The van der Waals surface area contributed by atoms with E-state index in [2.05, 4.69) is 9.24 Å². The first-order valence-corrected chi connectivity index (χ1v) is 2.13. The van der Waals surface area contributed by atoms with Gasteiger partial charge >= 0.3 is 0 Å². The summed E-state index contributed by atoms with van der Waals surface area (Å²) in [6.07, 6.45) is 2.12. The summed E-state index contributed by atoms with van der Waals surface area (Å²) in [7, 11) is 2.38. The molecule has 0 amide bonds. The summed E-state index contributed by atoms with van der Waals surface area (Å²) < 4.78 is 0. The van der Waals surface area contributed by atoms with Gasteiger partial charge in [0.2, 0.25) is 0 Å². The molecule has 0 aliphatic heterocycles. The first-order chi connectivity index (χ1) is 2.41. The zero-order valence-electron chi connectivity index (χ0n) is 2.77. The van der Waals surface area contributed by atoms with Gasteiger partial charge in [0.05, 0.1) is 0 Å². The van der Waals surface area contributed by atoms with Crippen molar-refractivity contribution in [2.75, 3.05) is 6.16 Å². The molecule has 0 N–H and O–H groups in total. The Balaban J connectivity index is 2.93. The Hall–Kier alpha value is -0.120. The zero-order valence-corrected chi connectivity index (χ0v) is 3.92. The van der Waals surface area contributed by atoms with Gasteiger partial charge in [0.15, 0.2) is 0 Å². The molecule has 0 aliphatic rings. The third-order valence-electron chi connectivity index (χ3n) is 0.201. The summed E-state index contributed by atoms with van der Waals surface area (Å²) in [5, 5.41) is 0. The first-order valence-electron chi connectivity index (χ1n) is 1.31. The van der Waals surface area contributed by atoms with Crippen molar-refractivity contribution in [3.8, 4) is 0 Å². The van der Waals surface area contributed by atoms with Crippen LogP contribution in [0.4, 0.5) is 0 Å². The van der Waals surface area contributed by atoms with E-state index in [4.69, 9.17) is 0 Å². The van der Waals surface area contributed by atoms with Crippen LogP contribution in [0.15, 0.2) is 6.08 Å². The minimum Gasteiger partial charge on any atom is -0.234 e. The number of rotatable bonds is 1. The molecule has 5 heavy (non-hydrogen) atoms. The van der Waals surface area contributed by atoms with Crippen molar-refractivity contribution in [1.29, 1.82) is 0 Å². The molecule has 0 spiro atoms. The molecule has 1 atom stereocenters. The lowest BCUT2D eigenvalue weighted by Gasteiger charge is -1.56. The molecule has 0 saturated heterocycles. The first kappa shape index (κ1) is 4.88. The lowest BCUT2D eigenvalue weighted by atomic mass is 10.8. The molecule has 0 fully saturated rings. The van der Waals surface area contributed by atoms with Crippen molar-refractivity contribution in [2.45, 2.75) is 0 Å². The Kier molecular flexibility index (Phi) is 3.79. The van der Waals surface area contributed by atoms with Crippen molar-refractivity contribution in [3.05, 3.63) is 6.08 Å². The van der Waals surface area contributed by atoms with E-state index in [1.165, 1.54) is 6.08 Å². The molecule has 1 unspecified atom stereocenters. The molecule has 0 aromatic rings. The van der Waals surface area contributed by atoms with E-state index in [1.54, 1.807) is 5.94 Å². The summed E-state index contributed by atoms with van der Waals surface area (Å²) >= 11 is 0. The summed E-state index contributed by atoms with van der Waals surface area (Å²) in [5.41, 5.74) is 0. The average molecular weight is 88.0 g/mol. The second kappa shape index (κ2) is 3.88. The highest BCUT2D eigenvalue weighted by atomic mass is 31.0. The van der Waals surface area contributed by atoms with Crippen LogP contribution in [0.25, 0.3) is 0 Å². The van der Waals surface area contributed by atoms with Crippen molar-refractivity contribution in [1.82, 2.24) is 0 Å². The predicted molar refractivity (Wildman–Crippen MR) is 24.8 cm³/mol. The standard InChI is InChI=1S/C3H5OP/c4-2-1-3-5/h1H,3,5H2. The van der Waals surface area contributed by atoms with Gasteiger partial charge in [-0.25, -0.2) is 4.79 Å². The molecule has 0 saturated carbocycles. The van der Waals surface area contributed by atoms with E-state index in [-0.39, 0.29) is 0 Å². The van der Waals surface area contributed by atoms with Crippen LogP contribution in [-0.4, -0.2) is 12.1 Å². The molecule has 0 rings (SSSR count). The monoisotopic (exact) mass is 88.0 g/mol. The molecule has 0 aromatic heterocycles. The zero-order chi connectivity index (χ0) is 4.12. The van der Waals surface area contributed by atoms with E-state index in [9.17, 15) is 4.79 Å². The molecule has 0 aromatic carbocycles. The van der Waals surface area contributed by atoms with Gasteiger partial charge in [-0.05, 0) is 6.16 Å². The molecule has 0 heterocycles. The fourth-order valence-corrected chi connectivity index (χ4v) is 0.144. The Labute approximate surface area is 33.3 Å². The summed E-state index contributed by atoms with van der Waals surface area (Å²) in [4.78, 5) is 9.21. The third-order valence-corrected chi connectivity index (χ3v) is 0.437. The van der Waals surface area contributed by atoms with Gasteiger partial charge in [0.25, 0.3) is 0 Å². The maximum absolute atomic E-state index is 9.21. The Bertz CT molecular complexity index is 53.9. The number of hydrogen-bond donors (Lipinski definition) is 0. The highest BCUT2D eigenvalue weighted by Gasteiger charge is 1.53. The molecule has 28 valence electrons. The van der Waals surface area contributed by atoms with Gasteiger partial charge < -0.3 is 0 Å². The fourth-order valence-electron chi connectivity index (χ4n) is 0.0481. The molecular formula is C3H5OP. The minimum atomic E-state index is 0.712. The van der Waals surface area contributed by atoms with Crippen LogP contribution in [0.5, 0.6) is 0 Å². The maximum atomic E-state index is 9.21. The lowest BCUT2D eigenvalue weighted by molar-refractivity contribution is 0.568. The summed E-state index contributed by atoms with van der Waals surface area (Å²) in [6, 6.07) is 0. The normalized spacial score (nSPS) is 5.80. The largest absolute Gasteiger partial charge is 0.234 e. The molecule has 2 heteroatoms. The van der Waals surface area contributed by atoms with Crippen LogP contribution < -0.4 is 0 Å². The Morgan fingerprint density at radius 3 is 2.60 bits per heavy atom. The van der Waals surface area contributed by atoms with Crippen molar-refractivity contribution >= 4 is 15.2 Å². The highest BCUT2D eigenvalue weighted by Crippen LogP contribution is 1.73. The van der Waals surface area contributed by atoms with Crippen molar-refractivity contribution in [3.63, 3.8) is 0 Å². The van der Waals surface area contributed by atoms with E-state index in [0.717, 1.165) is 0 Å². The van der Waals surface area contributed by atoms with Gasteiger partial charge in [-0.1, -0.05) is 0 Å². The molecule has 0 bridgehead atoms. The molecular weight excluding hydrogens is 83.0 g/mol. The van der Waals surface area contributed by atoms with E-state index in [0.29, 0.717) is 6.16 Å². The molecule has 0 aliphatic carbocycles. The van der Waals surface area contributed by atoms with Crippen molar-refractivity contribution in [2.24, 2.45) is 0 Å². The topological polar surface area (TPSA) is 17.1 Å². The van der Waals surface area contributed by atoms with Crippen LogP contribution in [0.1, 0.15) is 0 Å². The molecule has 1 nitrogen and oxygen atoms in total. The van der Waals surface area contributed by atoms with Gasteiger partial charge in [-0.15, -0.1) is 9.24 Å². The summed E-state index contributed by atoms with van der Waals surface area (Å²) in [5.74, 6) is 1.62. The highest BCUT2D eigenvalue weighted by molar-refractivity contribution is 7.16. The maximum Gasteiger partial charge on any atom is 0.120 e. The van der Waals surface area contributed by atoms with Crippen LogP contribution >= 0.6 is 9.24 Å². The number of carbonyl (C=O) groups excluding carboxylic acids is 1. The smallest absolute Gasteiger partial charge is 0.120 e. The van der Waals surface area contributed by atoms with Crippen LogP contribution in [0, 0.1) is 0 Å². The number of hydrogen-bond acceptors (Lipinski definition) is 1. The Morgan fingerprint density at radius 2 is 2.60 bits per heavy atom. The quantitative estimate of drug-likeness (QED) is 0.331. The second-order valence-corrected chi connectivity index (χ2v) is 1.03. The van der Waals surface area contributed by atoms with Gasteiger partial charge in [0.1, 0.15) is 5.94 Å². The summed E-state index contributed by atoms with van der Waals surface area (Å²) in [6.45, 7) is 0. The van der Waals surface area contributed by atoms with E-state index in [1.807, 2.05) is 0 Å². The van der Waals surface area contributed by atoms with Crippen LogP contribution in [0.3, 0.4) is 0 Å². The van der Waals surface area contributed by atoms with E-state index >= 15 is 0 Å². The molecule has 0 radical (unpaired) electrons. The average Bonchev–Trinajstić information content (AvgIpc) is 1.41. The van der Waals surface area contributed by atoms with Crippen LogP contribution in [0.2, 0.25) is 0 Å². The minimum absolute atomic E-state index is 0.712. The predicted octanol–water partition coefficient (Wildman–Crippen LogP) is 0.249. The Morgan fingerprint density at radius 1 is 2.00 bits per heavy atom. The fraction of sp³-hybridized carbons (Fsp3) is 0.333.